The van der Waals surface area contributed by atoms with Crippen LogP contribution in [0.25, 0.3) is 0 Å². The molecule has 1 unspecified atom stereocenters. The molecular weight excluding hydrogens is 306 g/mol. The van der Waals surface area contributed by atoms with Gasteiger partial charge < -0.3 is 5.73 Å². The highest BCUT2D eigenvalue weighted by molar-refractivity contribution is 7.89. The topological polar surface area (TPSA) is 107 Å². The number of hydrogen-bond donors (Lipinski definition) is 1. The molecule has 8 heteroatoms. The van der Waals surface area contributed by atoms with E-state index < -0.39 is 14.9 Å². The normalized spacial score (nSPS) is 13.6. The van der Waals surface area contributed by atoms with Gasteiger partial charge in [-0.1, -0.05) is 19.9 Å². The van der Waals surface area contributed by atoms with Crippen LogP contribution >= 0.6 is 0 Å². The second kappa shape index (κ2) is 7.17. The molecule has 0 aliphatic carbocycles. The van der Waals surface area contributed by atoms with Gasteiger partial charge in [0.1, 0.15) is 0 Å². The third-order valence-electron chi connectivity index (χ3n) is 3.70. The number of nitrogens with zero attached hydrogens (tertiary/aromatic N) is 2. The summed E-state index contributed by atoms with van der Waals surface area (Å²) in [5.74, 6) is 0.260. The van der Waals surface area contributed by atoms with Gasteiger partial charge in [0.05, 0.1) is 9.82 Å². The molecule has 0 heterocycles. The van der Waals surface area contributed by atoms with Gasteiger partial charge in [-0.05, 0) is 24.8 Å². The quantitative estimate of drug-likeness (QED) is 0.607. The molecule has 124 valence electrons. The number of nitro groups is 1. The van der Waals surface area contributed by atoms with Crippen molar-refractivity contribution in [2.75, 3.05) is 13.6 Å². The molecule has 0 aliphatic heterocycles. The zero-order chi connectivity index (χ0) is 17.1. The van der Waals surface area contributed by atoms with Gasteiger partial charge in [0.25, 0.3) is 5.69 Å². The van der Waals surface area contributed by atoms with Crippen LogP contribution in [0.3, 0.4) is 0 Å². The zero-order valence-corrected chi connectivity index (χ0v) is 14.1. The SMILES string of the molecule is Cc1ccc([N+](=O)[O-])cc1S(=O)(=O)N(C)CCC(N)C(C)C. The minimum absolute atomic E-state index is 0.0395. The van der Waals surface area contributed by atoms with E-state index >= 15 is 0 Å². The molecule has 0 radical (unpaired) electrons. The molecule has 0 fully saturated rings. The highest BCUT2D eigenvalue weighted by Crippen LogP contribution is 2.24. The zero-order valence-electron chi connectivity index (χ0n) is 13.3. The van der Waals surface area contributed by atoms with Crippen LogP contribution in [0, 0.1) is 23.0 Å². The van der Waals surface area contributed by atoms with Crippen molar-refractivity contribution in [1.82, 2.24) is 4.31 Å². The maximum atomic E-state index is 12.6. The van der Waals surface area contributed by atoms with Crippen molar-refractivity contribution in [3.63, 3.8) is 0 Å². The first kappa shape index (κ1) is 18.5. The Labute approximate surface area is 131 Å². The third-order valence-corrected chi connectivity index (χ3v) is 5.70. The van der Waals surface area contributed by atoms with Crippen LogP contribution in [-0.2, 0) is 10.0 Å². The number of sulfonamides is 1. The van der Waals surface area contributed by atoms with Crippen molar-refractivity contribution in [2.24, 2.45) is 11.7 Å². The van der Waals surface area contributed by atoms with E-state index in [9.17, 15) is 18.5 Å². The van der Waals surface area contributed by atoms with Gasteiger partial charge in [0, 0.05) is 31.8 Å². The molecule has 1 aromatic rings. The van der Waals surface area contributed by atoms with Gasteiger partial charge >= 0.3 is 0 Å². The molecule has 7 nitrogen and oxygen atoms in total. The van der Waals surface area contributed by atoms with Crippen LogP contribution in [-0.4, -0.2) is 37.3 Å². The number of nitrogens with two attached hydrogens (primary N) is 1. The Morgan fingerprint density at radius 1 is 1.36 bits per heavy atom. The molecule has 0 amide bonds. The summed E-state index contributed by atoms with van der Waals surface area (Å²) in [4.78, 5) is 10.2. The molecule has 0 saturated carbocycles. The summed E-state index contributed by atoms with van der Waals surface area (Å²) in [5.41, 5.74) is 6.17. The summed E-state index contributed by atoms with van der Waals surface area (Å²) in [6, 6.07) is 3.74. The number of benzene rings is 1. The monoisotopic (exact) mass is 329 g/mol. The number of nitro benzene ring substituents is 1. The van der Waals surface area contributed by atoms with Crippen LogP contribution < -0.4 is 5.73 Å². The summed E-state index contributed by atoms with van der Waals surface area (Å²) in [6.45, 7) is 5.84. The van der Waals surface area contributed by atoms with E-state index in [1.807, 2.05) is 13.8 Å². The van der Waals surface area contributed by atoms with E-state index in [4.69, 9.17) is 5.73 Å². The Balaban J connectivity index is 3.03. The molecule has 22 heavy (non-hydrogen) atoms. The van der Waals surface area contributed by atoms with Crippen LogP contribution in [0.4, 0.5) is 5.69 Å². The molecular formula is C14H23N3O4S. The average Bonchev–Trinajstić information content (AvgIpc) is 2.43. The predicted molar refractivity (Wildman–Crippen MR) is 85.1 cm³/mol. The van der Waals surface area contributed by atoms with Crippen molar-refractivity contribution in [2.45, 2.75) is 38.1 Å². The summed E-state index contributed by atoms with van der Waals surface area (Å²) >= 11 is 0. The van der Waals surface area contributed by atoms with Crippen molar-refractivity contribution < 1.29 is 13.3 Å². The first-order valence-electron chi connectivity index (χ1n) is 7.04. The summed E-state index contributed by atoms with van der Waals surface area (Å²) in [5, 5.41) is 10.8. The van der Waals surface area contributed by atoms with E-state index in [0.717, 1.165) is 6.07 Å². The van der Waals surface area contributed by atoms with Gasteiger partial charge in [-0.2, -0.15) is 0 Å². The summed E-state index contributed by atoms with van der Waals surface area (Å²) in [6.07, 6.45) is 0.529. The van der Waals surface area contributed by atoms with Crippen LogP contribution in [0.1, 0.15) is 25.8 Å². The van der Waals surface area contributed by atoms with E-state index in [1.54, 1.807) is 6.92 Å². The minimum Gasteiger partial charge on any atom is -0.327 e. The Morgan fingerprint density at radius 2 is 1.95 bits per heavy atom. The fourth-order valence-corrected chi connectivity index (χ4v) is 3.36. The fraction of sp³-hybridized carbons (Fsp3) is 0.571. The van der Waals surface area contributed by atoms with Crippen LogP contribution in [0.2, 0.25) is 0 Å². The van der Waals surface area contributed by atoms with Gasteiger partial charge in [0.15, 0.2) is 0 Å². The fourth-order valence-electron chi connectivity index (χ4n) is 1.93. The molecule has 0 spiro atoms. The van der Waals surface area contributed by atoms with E-state index in [-0.39, 0.29) is 29.1 Å². The molecule has 2 N–H and O–H groups in total. The highest BCUT2D eigenvalue weighted by atomic mass is 32.2. The van der Waals surface area contributed by atoms with E-state index in [1.165, 1.54) is 23.5 Å². The molecule has 0 aromatic heterocycles. The van der Waals surface area contributed by atoms with Crippen LogP contribution in [0.5, 0.6) is 0 Å². The Bertz CT molecular complexity index is 643. The lowest BCUT2D eigenvalue weighted by Crippen LogP contribution is -2.34. The van der Waals surface area contributed by atoms with Crippen molar-refractivity contribution >= 4 is 15.7 Å². The van der Waals surface area contributed by atoms with Crippen molar-refractivity contribution in [1.29, 1.82) is 0 Å². The van der Waals surface area contributed by atoms with Crippen LogP contribution in [0.15, 0.2) is 23.1 Å². The van der Waals surface area contributed by atoms with E-state index in [0.29, 0.717) is 12.0 Å². The first-order valence-corrected chi connectivity index (χ1v) is 8.48. The van der Waals surface area contributed by atoms with Gasteiger partial charge in [-0.25, -0.2) is 12.7 Å². The largest absolute Gasteiger partial charge is 0.327 e. The lowest BCUT2D eigenvalue weighted by atomic mass is 10.0. The summed E-state index contributed by atoms with van der Waals surface area (Å²) in [7, 11) is -2.31. The average molecular weight is 329 g/mol. The lowest BCUT2D eigenvalue weighted by molar-refractivity contribution is -0.385. The van der Waals surface area contributed by atoms with Crippen molar-refractivity contribution in [3.8, 4) is 0 Å². The smallest absolute Gasteiger partial charge is 0.270 e. The van der Waals surface area contributed by atoms with Crippen molar-refractivity contribution in [3.05, 3.63) is 33.9 Å². The standard InChI is InChI=1S/C14H23N3O4S/c1-10(2)13(15)7-8-16(4)22(20,21)14-9-12(17(18)19)6-5-11(14)3/h5-6,9-10,13H,7-8,15H2,1-4H3. The molecule has 0 saturated heterocycles. The minimum atomic E-state index is -3.77. The maximum absolute atomic E-state index is 12.6. The molecule has 0 bridgehead atoms. The number of rotatable bonds is 7. The summed E-state index contributed by atoms with van der Waals surface area (Å²) < 4.78 is 26.3. The second-order valence-corrected chi connectivity index (χ2v) is 7.74. The lowest BCUT2D eigenvalue weighted by Gasteiger charge is -2.22. The van der Waals surface area contributed by atoms with E-state index in [2.05, 4.69) is 0 Å². The third kappa shape index (κ3) is 4.25. The van der Waals surface area contributed by atoms with Gasteiger partial charge in [0.2, 0.25) is 10.0 Å². The maximum Gasteiger partial charge on any atom is 0.270 e. The highest BCUT2D eigenvalue weighted by Gasteiger charge is 2.25. The number of aryl methyl sites for hydroxylation is 1. The molecule has 1 rings (SSSR count). The second-order valence-electron chi connectivity index (χ2n) is 5.73. The number of hydrogen-bond acceptors (Lipinski definition) is 5. The van der Waals surface area contributed by atoms with Gasteiger partial charge in [-0.15, -0.1) is 0 Å². The first-order chi connectivity index (χ1) is 10.1. The Hall–Kier alpha value is -1.51. The Morgan fingerprint density at radius 3 is 2.45 bits per heavy atom. The predicted octanol–water partition coefficient (Wildman–Crippen LogP) is 1.90. The number of non-ortho nitro benzene ring substituents is 1. The molecule has 1 atom stereocenters. The van der Waals surface area contributed by atoms with Gasteiger partial charge in [-0.3, -0.25) is 10.1 Å². The molecule has 0 aliphatic rings. The molecule has 1 aromatic carbocycles. The Kier molecular flexibility index (Phi) is 6.04.